The minimum absolute atomic E-state index is 0.0638. The summed E-state index contributed by atoms with van der Waals surface area (Å²) >= 11 is 1.24. The number of ether oxygens (including phenoxy) is 1. The van der Waals surface area contributed by atoms with Crippen molar-refractivity contribution in [3.05, 3.63) is 45.6 Å². The van der Waals surface area contributed by atoms with E-state index in [2.05, 4.69) is 5.32 Å². The average molecular weight is 291 g/mol. The van der Waals surface area contributed by atoms with Gasteiger partial charge in [0.25, 0.3) is 5.91 Å². The van der Waals surface area contributed by atoms with Gasteiger partial charge in [-0.1, -0.05) is 12.1 Å². The number of nitrogens with one attached hydrogen (secondary N) is 1. The minimum Gasteiger partial charge on any atom is -0.495 e. The predicted octanol–water partition coefficient (Wildman–Crippen LogP) is 3.02. The maximum absolute atomic E-state index is 12.2. The number of benzene rings is 1. The van der Waals surface area contributed by atoms with E-state index in [0.717, 1.165) is 0 Å². The molecule has 0 fully saturated rings. The third-order valence-corrected chi connectivity index (χ3v) is 3.69. The van der Waals surface area contributed by atoms with Gasteiger partial charge in [0.05, 0.1) is 18.4 Å². The maximum Gasteiger partial charge on any atom is 0.337 e. The number of carbonyl (C=O) groups is 2. The largest absolute Gasteiger partial charge is 0.495 e. The normalized spacial score (nSPS) is 10.1. The molecule has 2 N–H and O–H groups in total. The van der Waals surface area contributed by atoms with Crippen LogP contribution in [0.3, 0.4) is 0 Å². The number of anilines is 1. The van der Waals surface area contributed by atoms with Crippen LogP contribution in [0, 0.1) is 6.92 Å². The van der Waals surface area contributed by atoms with E-state index in [1.165, 1.54) is 24.5 Å². The van der Waals surface area contributed by atoms with E-state index >= 15 is 0 Å². The zero-order valence-electron chi connectivity index (χ0n) is 11.0. The van der Waals surface area contributed by atoms with Crippen LogP contribution >= 0.6 is 11.3 Å². The van der Waals surface area contributed by atoms with Gasteiger partial charge in [-0.05, 0) is 30.0 Å². The van der Waals surface area contributed by atoms with Crippen LogP contribution in [0.15, 0.2) is 29.6 Å². The average Bonchev–Trinajstić information content (AvgIpc) is 2.89. The summed E-state index contributed by atoms with van der Waals surface area (Å²) in [5, 5.41) is 13.5. The smallest absolute Gasteiger partial charge is 0.337 e. The lowest BCUT2D eigenvalue weighted by atomic mass is 10.1. The van der Waals surface area contributed by atoms with Gasteiger partial charge in [-0.25, -0.2) is 4.79 Å². The Morgan fingerprint density at radius 1 is 1.30 bits per heavy atom. The Balaban J connectivity index is 2.35. The molecule has 1 aromatic heterocycles. The molecule has 0 spiro atoms. The van der Waals surface area contributed by atoms with Gasteiger partial charge in [0, 0.05) is 0 Å². The Morgan fingerprint density at radius 3 is 2.70 bits per heavy atom. The minimum atomic E-state index is -1.08. The molecule has 0 saturated heterocycles. The van der Waals surface area contributed by atoms with Crippen molar-refractivity contribution in [3.8, 4) is 5.75 Å². The summed E-state index contributed by atoms with van der Waals surface area (Å²) in [4.78, 5) is 23.8. The van der Waals surface area contributed by atoms with Gasteiger partial charge >= 0.3 is 5.97 Å². The van der Waals surface area contributed by atoms with Crippen molar-refractivity contribution < 1.29 is 19.4 Å². The van der Waals surface area contributed by atoms with Crippen LogP contribution in [0.4, 0.5) is 5.69 Å². The van der Waals surface area contributed by atoms with Gasteiger partial charge < -0.3 is 15.2 Å². The Labute approximate surface area is 119 Å². The summed E-state index contributed by atoms with van der Waals surface area (Å²) in [7, 11) is 1.48. The zero-order chi connectivity index (χ0) is 14.7. The highest BCUT2D eigenvalue weighted by atomic mass is 32.1. The van der Waals surface area contributed by atoms with Crippen molar-refractivity contribution in [3.63, 3.8) is 0 Å². The van der Waals surface area contributed by atoms with Gasteiger partial charge in [-0.3, -0.25) is 4.79 Å². The van der Waals surface area contributed by atoms with Gasteiger partial charge in [0.15, 0.2) is 0 Å². The number of carbonyl (C=O) groups excluding carboxylic acids is 1. The quantitative estimate of drug-likeness (QED) is 0.908. The van der Waals surface area contributed by atoms with Gasteiger partial charge in [0.1, 0.15) is 10.6 Å². The molecule has 1 aromatic carbocycles. The van der Waals surface area contributed by atoms with Crippen molar-refractivity contribution in [1.29, 1.82) is 0 Å². The Kier molecular flexibility index (Phi) is 4.05. The number of aromatic carboxylic acids is 1. The first-order chi connectivity index (χ1) is 9.54. The number of thiophene rings is 1. The fourth-order valence-electron chi connectivity index (χ4n) is 1.81. The number of amides is 1. The fraction of sp³-hybridized carbons (Fsp3) is 0.143. The molecule has 0 aliphatic carbocycles. The van der Waals surface area contributed by atoms with Crippen molar-refractivity contribution in [1.82, 2.24) is 0 Å². The van der Waals surface area contributed by atoms with Crippen LogP contribution in [-0.4, -0.2) is 24.1 Å². The molecule has 0 bridgehead atoms. The van der Waals surface area contributed by atoms with Gasteiger partial charge in [-0.2, -0.15) is 0 Å². The molecule has 0 aliphatic rings. The molecular weight excluding hydrogens is 278 g/mol. The third kappa shape index (κ3) is 2.65. The van der Waals surface area contributed by atoms with Gasteiger partial charge in [0.2, 0.25) is 0 Å². The zero-order valence-corrected chi connectivity index (χ0v) is 11.8. The first-order valence-corrected chi connectivity index (χ1v) is 6.68. The lowest BCUT2D eigenvalue weighted by molar-refractivity contribution is 0.0698. The summed E-state index contributed by atoms with van der Waals surface area (Å²) in [6.45, 7) is 1.74. The van der Waals surface area contributed by atoms with Crippen LogP contribution < -0.4 is 10.1 Å². The molecule has 2 rings (SSSR count). The molecule has 104 valence electrons. The number of hydrogen-bond donors (Lipinski definition) is 2. The van der Waals surface area contributed by atoms with Crippen LogP contribution in [0.5, 0.6) is 5.75 Å². The van der Waals surface area contributed by atoms with E-state index in [-0.39, 0.29) is 11.5 Å². The van der Waals surface area contributed by atoms with Crippen LogP contribution in [0.25, 0.3) is 0 Å². The van der Waals surface area contributed by atoms with Crippen molar-refractivity contribution in [2.24, 2.45) is 0 Å². The highest BCUT2D eigenvalue weighted by Gasteiger charge is 2.18. The van der Waals surface area contributed by atoms with E-state index in [9.17, 15) is 9.59 Å². The number of rotatable bonds is 4. The third-order valence-electron chi connectivity index (χ3n) is 2.80. The number of methoxy groups -OCH3 is 1. The second kappa shape index (κ2) is 5.75. The monoisotopic (exact) mass is 291 g/mol. The van der Waals surface area contributed by atoms with Crippen LogP contribution in [-0.2, 0) is 0 Å². The molecule has 0 aliphatic heterocycles. The molecule has 1 heterocycles. The second-order valence-corrected chi connectivity index (χ2v) is 4.99. The van der Waals surface area contributed by atoms with E-state index in [4.69, 9.17) is 9.84 Å². The first-order valence-electron chi connectivity index (χ1n) is 5.80. The predicted molar refractivity (Wildman–Crippen MR) is 77.0 cm³/mol. The molecule has 0 radical (unpaired) electrons. The van der Waals surface area contributed by atoms with Crippen molar-refractivity contribution in [2.75, 3.05) is 12.4 Å². The summed E-state index contributed by atoms with van der Waals surface area (Å²) in [6, 6.07) is 6.53. The second-order valence-electron chi connectivity index (χ2n) is 4.07. The molecule has 0 unspecified atom stereocenters. The van der Waals surface area contributed by atoms with E-state index in [1.807, 2.05) is 0 Å². The number of para-hydroxylation sites is 1. The summed E-state index contributed by atoms with van der Waals surface area (Å²) in [6.07, 6.45) is 0. The Bertz CT molecular complexity index is 663. The maximum atomic E-state index is 12.2. The number of carboxylic acids is 1. The highest BCUT2D eigenvalue weighted by molar-refractivity contribution is 7.12. The standard InChI is InChI=1S/C14H13NO4S/c1-8-4-3-5-9(14(17)18)11(8)15-13(16)12-10(19-2)6-7-20-12/h3-7H,1-2H3,(H,15,16)(H,17,18). The van der Waals surface area contributed by atoms with Crippen LogP contribution in [0.2, 0.25) is 0 Å². The van der Waals surface area contributed by atoms with Crippen LogP contribution in [0.1, 0.15) is 25.6 Å². The van der Waals surface area contributed by atoms with E-state index < -0.39 is 5.97 Å². The summed E-state index contributed by atoms with van der Waals surface area (Å²) in [5.74, 6) is -0.992. The topological polar surface area (TPSA) is 75.6 Å². The lowest BCUT2D eigenvalue weighted by Crippen LogP contribution is -2.15. The molecular formula is C14H13NO4S. The van der Waals surface area contributed by atoms with E-state index in [1.54, 1.807) is 30.5 Å². The van der Waals surface area contributed by atoms with Crippen molar-refractivity contribution in [2.45, 2.75) is 6.92 Å². The molecule has 0 saturated carbocycles. The number of aryl methyl sites for hydroxylation is 1. The summed E-state index contributed by atoms with van der Waals surface area (Å²) in [5.41, 5.74) is 1.06. The lowest BCUT2D eigenvalue weighted by Gasteiger charge is -2.11. The number of hydrogen-bond acceptors (Lipinski definition) is 4. The Hall–Kier alpha value is -2.34. The highest BCUT2D eigenvalue weighted by Crippen LogP contribution is 2.27. The SMILES string of the molecule is COc1ccsc1C(=O)Nc1c(C)cccc1C(=O)O. The fourth-order valence-corrected chi connectivity index (χ4v) is 2.56. The molecule has 20 heavy (non-hydrogen) atoms. The molecule has 0 atom stereocenters. The first kappa shape index (κ1) is 14.1. The van der Waals surface area contributed by atoms with Gasteiger partial charge in [-0.15, -0.1) is 11.3 Å². The van der Waals surface area contributed by atoms with Crippen molar-refractivity contribution >= 4 is 28.9 Å². The Morgan fingerprint density at radius 2 is 2.05 bits per heavy atom. The molecule has 2 aromatic rings. The molecule has 5 nitrogen and oxygen atoms in total. The molecule has 6 heteroatoms. The number of carboxylic acid groups (broad SMARTS) is 1. The molecule has 1 amide bonds. The van der Waals surface area contributed by atoms with E-state index in [0.29, 0.717) is 21.9 Å². The summed E-state index contributed by atoms with van der Waals surface area (Å²) < 4.78 is 5.09.